The van der Waals surface area contributed by atoms with E-state index in [9.17, 15) is 25.0 Å². The van der Waals surface area contributed by atoms with Crippen molar-refractivity contribution in [3.05, 3.63) is 143 Å². The second-order valence-electron chi connectivity index (χ2n) is 15.5. The summed E-state index contributed by atoms with van der Waals surface area (Å²) in [6.07, 6.45) is 4.55. The van der Waals surface area contributed by atoms with Crippen molar-refractivity contribution in [2.24, 2.45) is 0 Å². The molecule has 59 heavy (non-hydrogen) atoms. The normalized spacial score (nSPS) is 15.8. The van der Waals surface area contributed by atoms with Crippen molar-refractivity contribution in [3.63, 3.8) is 0 Å². The molecule has 0 aromatic heterocycles. The number of benzene rings is 4. The lowest BCUT2D eigenvalue weighted by Gasteiger charge is -2.43. The van der Waals surface area contributed by atoms with Gasteiger partial charge in [-0.15, -0.1) is 10.2 Å². The number of non-ortho nitro benzene ring substituents is 2. The topological polar surface area (TPSA) is 220 Å². The number of likely N-dealkylation sites (N-methyl/N-ethyl adjacent to an activating group) is 2. The molecule has 0 saturated carbocycles. The summed E-state index contributed by atoms with van der Waals surface area (Å²) in [7, 11) is -4.94. The third-order valence-electron chi connectivity index (χ3n) is 10.7. The number of nitro groups is 2. The Labute approximate surface area is 342 Å². The fraction of sp³-hybridized carbons (Fsp3) is 0.302. The minimum Gasteiger partial charge on any atom is -0.457 e. The molecular weight excluding hydrogens is 784 g/mol. The quantitative estimate of drug-likeness (QED) is 0.0953. The van der Waals surface area contributed by atoms with Crippen LogP contribution in [0.5, 0.6) is 11.5 Å². The Balaban J connectivity index is 0.00000110. The van der Waals surface area contributed by atoms with Gasteiger partial charge in [0.15, 0.2) is 5.54 Å². The standard InChI is InChI=1S/C43H43N4O7.ClHO4/c1-9-44-36-20-38-34(18-32(36)25(3)22-42(44,5)6)40(35-19-33-26(4)23-43(7,8)45(10-2)37(33)21-39(35)54-38)30-13-11-12-14-31(30)41(48)53-24-27-15-28(46(49)50)17-29(16-27)47(51)52;2-1(3,4)5/h11-23H,9-10,24H2,1-8H3;(H,2,3,4,5)/q+1;/p-1. The van der Waals surface area contributed by atoms with Crippen LogP contribution in [-0.2, 0) is 11.3 Å². The Morgan fingerprint density at radius 3 is 2.00 bits per heavy atom. The predicted octanol–water partition coefficient (Wildman–Crippen LogP) is 3.19. The summed E-state index contributed by atoms with van der Waals surface area (Å²) < 4.78 is 49.0. The monoisotopic (exact) mass is 826 g/mol. The van der Waals surface area contributed by atoms with Crippen molar-refractivity contribution in [1.82, 2.24) is 4.58 Å². The van der Waals surface area contributed by atoms with Gasteiger partial charge in [-0.05, 0) is 82.5 Å². The molecule has 308 valence electrons. The number of hydrogen-bond acceptors (Lipinski definition) is 12. The Morgan fingerprint density at radius 1 is 0.797 bits per heavy atom. The van der Waals surface area contributed by atoms with Crippen LogP contribution >= 0.6 is 0 Å². The lowest BCUT2D eigenvalue weighted by Crippen LogP contribution is -2.68. The van der Waals surface area contributed by atoms with Crippen LogP contribution in [0.1, 0.15) is 93.6 Å². The molecule has 0 spiro atoms. The molecule has 0 N–H and O–H groups in total. The second-order valence-corrected chi connectivity index (χ2v) is 16.3. The van der Waals surface area contributed by atoms with Crippen molar-refractivity contribution in [1.29, 1.82) is 0 Å². The Hall–Kier alpha value is -5.97. The molecule has 0 unspecified atom stereocenters. The number of ether oxygens (including phenoxy) is 2. The van der Waals surface area contributed by atoms with Gasteiger partial charge in [-0.1, -0.05) is 24.3 Å². The number of rotatable bonds is 8. The van der Waals surface area contributed by atoms with Gasteiger partial charge in [-0.3, -0.25) is 20.2 Å². The molecule has 3 aliphatic heterocycles. The number of allylic oxidation sites excluding steroid dienone is 2. The average molecular weight is 827 g/mol. The van der Waals surface area contributed by atoms with Crippen molar-refractivity contribution >= 4 is 39.8 Å². The maximum atomic E-state index is 14.1. The van der Waals surface area contributed by atoms with Crippen LogP contribution < -0.4 is 43.4 Å². The van der Waals surface area contributed by atoms with E-state index in [1.807, 2.05) is 12.1 Å². The smallest absolute Gasteiger partial charge is 0.339 e. The Kier molecular flexibility index (Phi) is 11.3. The van der Waals surface area contributed by atoms with E-state index in [2.05, 4.69) is 101 Å². The molecule has 7 rings (SSSR count). The van der Waals surface area contributed by atoms with Crippen LogP contribution in [0.4, 0.5) is 17.1 Å². The van der Waals surface area contributed by atoms with E-state index in [1.165, 1.54) is 12.1 Å². The highest BCUT2D eigenvalue weighted by Crippen LogP contribution is 2.46. The molecule has 0 aliphatic carbocycles. The van der Waals surface area contributed by atoms with Crippen molar-refractivity contribution in [2.45, 2.75) is 73.1 Å². The third kappa shape index (κ3) is 8.47. The first kappa shape index (κ1) is 42.6. The Morgan fingerprint density at radius 2 is 1.41 bits per heavy atom. The van der Waals surface area contributed by atoms with Crippen LogP contribution in [-0.4, -0.2) is 40.0 Å². The molecule has 0 atom stereocenters. The number of carbonyl (C=O) groups excluding carboxylic acids is 1. The summed E-state index contributed by atoms with van der Waals surface area (Å²) in [6, 6.07) is 18.9. The average Bonchev–Trinajstić information content (AvgIpc) is 3.13. The number of hydrogen-bond donors (Lipinski definition) is 0. The fourth-order valence-electron chi connectivity index (χ4n) is 8.53. The summed E-state index contributed by atoms with van der Waals surface area (Å²) >= 11 is 0. The number of nitrogens with zero attached hydrogens (tertiary/aromatic N) is 4. The number of nitro benzene ring substituents is 2. The first-order valence-corrected chi connectivity index (χ1v) is 20.0. The molecule has 3 heterocycles. The largest absolute Gasteiger partial charge is 0.457 e. The zero-order valence-corrected chi connectivity index (χ0v) is 34.5. The van der Waals surface area contributed by atoms with Gasteiger partial charge in [0, 0.05) is 77.3 Å². The summed E-state index contributed by atoms with van der Waals surface area (Å²) in [4.78, 5) is 38.0. The number of carbonyl (C=O) groups is 1. The molecule has 16 heteroatoms. The summed E-state index contributed by atoms with van der Waals surface area (Å²) in [5.74, 6) is 0.651. The molecule has 4 aromatic rings. The molecule has 15 nitrogen and oxygen atoms in total. The zero-order valence-electron chi connectivity index (χ0n) is 33.8. The zero-order chi connectivity index (χ0) is 43.4. The molecule has 0 amide bonds. The lowest BCUT2D eigenvalue weighted by atomic mass is 9.83. The molecule has 0 radical (unpaired) electrons. The molecule has 0 saturated heterocycles. The number of anilines is 1. The van der Waals surface area contributed by atoms with E-state index in [0.29, 0.717) is 17.1 Å². The molecule has 0 bridgehead atoms. The van der Waals surface area contributed by atoms with Gasteiger partial charge < -0.3 is 14.4 Å². The Bertz CT molecular complexity index is 2590. The van der Waals surface area contributed by atoms with Gasteiger partial charge in [-0.25, -0.2) is 28.0 Å². The first-order chi connectivity index (χ1) is 27.5. The van der Waals surface area contributed by atoms with Crippen molar-refractivity contribution in [2.75, 3.05) is 18.0 Å². The van der Waals surface area contributed by atoms with Gasteiger partial charge in [-0.2, -0.15) is 0 Å². The maximum absolute atomic E-state index is 14.1. The van der Waals surface area contributed by atoms with Gasteiger partial charge in [0.05, 0.1) is 33.1 Å². The molecule has 4 aromatic carbocycles. The van der Waals surface area contributed by atoms with E-state index in [1.54, 1.807) is 12.1 Å². The van der Waals surface area contributed by atoms with E-state index in [0.717, 1.165) is 68.8 Å². The SMILES string of the molecule is CCN1c2cc3c(cc2C(C)=CC1(C)C)C(c1ccccc1C(=O)OCc1cc([N+](=O)[O-])cc([N+](=O)[O-])c1)=c1cc2c(cc1O3)=[N+](CC)C(C)(C)C=C2C.[O-][Cl+3]([O-])([O-])[O-]. The highest BCUT2D eigenvalue weighted by Gasteiger charge is 2.36. The van der Waals surface area contributed by atoms with Gasteiger partial charge in [0.2, 0.25) is 5.36 Å². The van der Waals surface area contributed by atoms with Crippen molar-refractivity contribution < 1.29 is 53.0 Å². The summed E-state index contributed by atoms with van der Waals surface area (Å²) in [6.45, 7) is 18.5. The van der Waals surface area contributed by atoms with E-state index in [4.69, 9.17) is 28.1 Å². The van der Waals surface area contributed by atoms with Crippen molar-refractivity contribution in [3.8, 4) is 11.5 Å². The highest BCUT2D eigenvalue weighted by molar-refractivity contribution is 6.00. The second kappa shape index (κ2) is 15.7. The number of fused-ring (bicyclic) bond motifs is 4. The number of halogens is 1. The van der Waals surface area contributed by atoms with E-state index in [-0.39, 0.29) is 22.2 Å². The van der Waals surface area contributed by atoms with Gasteiger partial charge >= 0.3 is 5.97 Å². The first-order valence-electron chi connectivity index (χ1n) is 18.7. The lowest BCUT2D eigenvalue weighted by molar-refractivity contribution is -2.00. The number of esters is 1. The van der Waals surface area contributed by atoms with E-state index >= 15 is 0 Å². The van der Waals surface area contributed by atoms with Gasteiger partial charge in [0.25, 0.3) is 11.4 Å². The van der Waals surface area contributed by atoms with E-state index < -0.39 is 44.0 Å². The predicted molar refractivity (Wildman–Crippen MR) is 209 cm³/mol. The molecule has 0 fully saturated rings. The van der Waals surface area contributed by atoms with Crippen LogP contribution in [0.25, 0.3) is 16.7 Å². The van der Waals surface area contributed by atoms with Crippen LogP contribution in [0, 0.1) is 30.5 Å². The summed E-state index contributed by atoms with van der Waals surface area (Å²) in [5.41, 5.74) is 6.77. The third-order valence-corrected chi connectivity index (χ3v) is 10.7. The van der Waals surface area contributed by atoms with Crippen LogP contribution in [0.3, 0.4) is 0 Å². The molecular formula is C43H43ClN4O11. The highest BCUT2D eigenvalue weighted by atomic mass is 35.7. The maximum Gasteiger partial charge on any atom is 0.339 e. The van der Waals surface area contributed by atoms with Crippen LogP contribution in [0.2, 0.25) is 0 Å². The minimum atomic E-state index is -4.94. The van der Waals surface area contributed by atoms with Crippen LogP contribution in [0.15, 0.2) is 78.9 Å². The fourth-order valence-corrected chi connectivity index (χ4v) is 8.53. The van der Waals surface area contributed by atoms with Gasteiger partial charge in [0.1, 0.15) is 24.7 Å². The minimum absolute atomic E-state index is 0.130. The summed E-state index contributed by atoms with van der Waals surface area (Å²) in [5, 5.41) is 24.9. The molecule has 3 aliphatic rings.